The summed E-state index contributed by atoms with van der Waals surface area (Å²) in [5, 5.41) is 0. The maximum absolute atomic E-state index is 13.4. The smallest absolute Gasteiger partial charge is 0.240 e. The lowest BCUT2D eigenvalue weighted by molar-refractivity contribution is -0.116. The van der Waals surface area contributed by atoms with Crippen LogP contribution < -0.4 is 4.90 Å². The van der Waals surface area contributed by atoms with Gasteiger partial charge >= 0.3 is 0 Å². The molecule has 0 saturated carbocycles. The summed E-state index contributed by atoms with van der Waals surface area (Å²) in [6.45, 7) is 2.50. The Kier molecular flexibility index (Phi) is 3.35. The van der Waals surface area contributed by atoms with E-state index < -0.39 is 0 Å². The van der Waals surface area contributed by atoms with Crippen LogP contribution in [-0.2, 0) is 4.79 Å². The van der Waals surface area contributed by atoms with Gasteiger partial charge in [0.1, 0.15) is 5.82 Å². The Labute approximate surface area is 110 Å². The predicted molar refractivity (Wildman–Crippen MR) is 68.5 cm³/mol. The summed E-state index contributed by atoms with van der Waals surface area (Å²) >= 11 is 6.43. The lowest BCUT2D eigenvalue weighted by Crippen LogP contribution is -2.27. The lowest BCUT2D eigenvalue weighted by atomic mass is 10.2. The van der Waals surface area contributed by atoms with Crippen molar-refractivity contribution in [3.05, 3.63) is 28.0 Å². The highest BCUT2D eigenvalue weighted by Gasteiger charge is 2.31. The molecule has 0 aliphatic carbocycles. The largest absolute Gasteiger partial charge is 0.311 e. The second-order valence-corrected chi connectivity index (χ2v) is 5.76. The number of hydrogen-bond donors (Lipinski definition) is 0. The van der Waals surface area contributed by atoms with Crippen molar-refractivity contribution < 1.29 is 9.18 Å². The van der Waals surface area contributed by atoms with Gasteiger partial charge in [0.2, 0.25) is 5.91 Å². The molecular formula is C11H10Br2FNO. The first-order valence-corrected chi connectivity index (χ1v) is 6.62. The van der Waals surface area contributed by atoms with E-state index in [2.05, 4.69) is 31.9 Å². The molecule has 0 N–H and O–H groups in total. The Morgan fingerprint density at radius 3 is 2.75 bits per heavy atom. The zero-order valence-electron chi connectivity index (χ0n) is 8.64. The maximum Gasteiger partial charge on any atom is 0.240 e. The Morgan fingerprint density at radius 2 is 2.19 bits per heavy atom. The Bertz CT molecular complexity index is 450. The summed E-state index contributed by atoms with van der Waals surface area (Å²) in [6.07, 6.45) is 0.760. The molecule has 1 aromatic carbocycles. The van der Waals surface area contributed by atoms with Gasteiger partial charge in [-0.2, -0.15) is 0 Å². The van der Waals surface area contributed by atoms with Gasteiger partial charge in [-0.05, 0) is 47.0 Å². The second-order valence-electron chi connectivity index (χ2n) is 3.80. The fraction of sp³-hybridized carbons (Fsp3) is 0.364. The minimum absolute atomic E-state index is 0.00447. The summed E-state index contributed by atoms with van der Waals surface area (Å²) in [7, 11) is 0. The number of rotatable bonds is 1. The molecule has 1 atom stereocenters. The number of alkyl halides is 1. The van der Waals surface area contributed by atoms with E-state index in [1.165, 1.54) is 6.07 Å². The van der Waals surface area contributed by atoms with Gasteiger partial charge in [0.15, 0.2) is 0 Å². The van der Waals surface area contributed by atoms with Gasteiger partial charge in [-0.25, -0.2) is 4.39 Å². The zero-order chi connectivity index (χ0) is 11.9. The molecule has 0 spiro atoms. The van der Waals surface area contributed by atoms with E-state index in [1.807, 2.05) is 6.92 Å². The van der Waals surface area contributed by atoms with Crippen molar-refractivity contribution >= 4 is 43.5 Å². The predicted octanol–water partition coefficient (Wildman–Crippen LogP) is 3.40. The standard InChI is InChI=1S/C11H10Br2FNO/c1-6-4-8(13)9(14)5-10(6)15-3-2-7(12)11(15)16/h4-5,7H,2-3H2,1H3. The van der Waals surface area contributed by atoms with Crippen LogP contribution in [0.3, 0.4) is 0 Å². The van der Waals surface area contributed by atoms with Gasteiger partial charge in [0.05, 0.1) is 9.30 Å². The molecule has 1 saturated heterocycles. The van der Waals surface area contributed by atoms with Crippen LogP contribution in [-0.4, -0.2) is 17.3 Å². The molecule has 86 valence electrons. The molecule has 0 bridgehead atoms. The number of aryl methyl sites for hydroxylation is 1. The van der Waals surface area contributed by atoms with Gasteiger partial charge in [-0.1, -0.05) is 15.9 Å². The Balaban J connectivity index is 2.41. The number of benzene rings is 1. The second kappa shape index (κ2) is 4.45. The number of anilines is 1. The van der Waals surface area contributed by atoms with Crippen LogP contribution in [0, 0.1) is 12.7 Å². The molecule has 1 aliphatic rings. The number of nitrogens with zero attached hydrogens (tertiary/aromatic N) is 1. The minimum Gasteiger partial charge on any atom is -0.311 e. The van der Waals surface area contributed by atoms with E-state index in [0.29, 0.717) is 16.7 Å². The molecule has 1 aromatic rings. The number of carbonyl (C=O) groups excluding carboxylic acids is 1. The molecule has 1 aliphatic heterocycles. The third-order valence-corrected chi connectivity index (χ3v) is 4.13. The normalized spacial score (nSPS) is 20.6. The fourth-order valence-corrected chi connectivity index (χ4v) is 2.72. The molecule has 1 unspecified atom stereocenters. The van der Waals surface area contributed by atoms with Crippen LogP contribution in [0.1, 0.15) is 12.0 Å². The SMILES string of the molecule is Cc1cc(Br)c(F)cc1N1CCC(Br)C1=O. The van der Waals surface area contributed by atoms with Crippen LogP contribution in [0.5, 0.6) is 0 Å². The van der Waals surface area contributed by atoms with Crippen LogP contribution in [0.25, 0.3) is 0 Å². The Morgan fingerprint density at radius 1 is 1.50 bits per heavy atom. The van der Waals surface area contributed by atoms with Crippen molar-refractivity contribution in [1.29, 1.82) is 0 Å². The van der Waals surface area contributed by atoms with Crippen molar-refractivity contribution in [2.45, 2.75) is 18.2 Å². The first kappa shape index (κ1) is 12.0. The third-order valence-electron chi connectivity index (χ3n) is 2.67. The maximum atomic E-state index is 13.4. The highest BCUT2D eigenvalue weighted by Crippen LogP contribution is 2.31. The molecule has 1 amide bonds. The molecule has 1 heterocycles. The summed E-state index contributed by atoms with van der Waals surface area (Å²) in [4.78, 5) is 13.3. The zero-order valence-corrected chi connectivity index (χ0v) is 11.8. The van der Waals surface area contributed by atoms with Crippen molar-refractivity contribution in [3.63, 3.8) is 0 Å². The van der Waals surface area contributed by atoms with Gasteiger partial charge in [0, 0.05) is 12.2 Å². The third kappa shape index (κ3) is 2.02. The highest BCUT2D eigenvalue weighted by atomic mass is 79.9. The summed E-state index contributed by atoms with van der Waals surface area (Å²) in [5.41, 5.74) is 1.55. The molecule has 0 radical (unpaired) electrons. The summed E-state index contributed by atoms with van der Waals surface area (Å²) in [6, 6.07) is 3.10. The van der Waals surface area contributed by atoms with E-state index >= 15 is 0 Å². The van der Waals surface area contributed by atoms with E-state index in [-0.39, 0.29) is 16.6 Å². The van der Waals surface area contributed by atoms with E-state index in [9.17, 15) is 9.18 Å². The van der Waals surface area contributed by atoms with Crippen LogP contribution >= 0.6 is 31.9 Å². The van der Waals surface area contributed by atoms with Gasteiger partial charge in [-0.3, -0.25) is 4.79 Å². The van der Waals surface area contributed by atoms with Crippen LogP contribution in [0.15, 0.2) is 16.6 Å². The van der Waals surface area contributed by atoms with E-state index in [4.69, 9.17) is 0 Å². The topological polar surface area (TPSA) is 20.3 Å². The Hall–Kier alpha value is -0.420. The number of hydrogen-bond acceptors (Lipinski definition) is 1. The average Bonchev–Trinajstić information content (AvgIpc) is 2.54. The van der Waals surface area contributed by atoms with Crippen molar-refractivity contribution in [3.8, 4) is 0 Å². The monoisotopic (exact) mass is 349 g/mol. The molecule has 5 heteroatoms. The van der Waals surface area contributed by atoms with Crippen LogP contribution in [0.2, 0.25) is 0 Å². The van der Waals surface area contributed by atoms with Gasteiger partial charge in [-0.15, -0.1) is 0 Å². The summed E-state index contributed by atoms with van der Waals surface area (Å²) < 4.78 is 13.9. The highest BCUT2D eigenvalue weighted by molar-refractivity contribution is 9.10. The van der Waals surface area contributed by atoms with E-state index in [1.54, 1.807) is 11.0 Å². The molecule has 1 fully saturated rings. The number of carbonyl (C=O) groups is 1. The first-order valence-electron chi connectivity index (χ1n) is 4.92. The van der Waals surface area contributed by atoms with Gasteiger partial charge < -0.3 is 4.90 Å². The summed E-state index contributed by atoms with van der Waals surface area (Å²) in [5.74, 6) is -0.337. The molecule has 16 heavy (non-hydrogen) atoms. The molecule has 0 aromatic heterocycles. The van der Waals surface area contributed by atoms with E-state index in [0.717, 1.165) is 12.0 Å². The van der Waals surface area contributed by atoms with Crippen molar-refractivity contribution in [2.75, 3.05) is 11.4 Å². The quantitative estimate of drug-likeness (QED) is 0.711. The van der Waals surface area contributed by atoms with Gasteiger partial charge in [0.25, 0.3) is 0 Å². The minimum atomic E-state index is -0.341. The van der Waals surface area contributed by atoms with Crippen LogP contribution in [0.4, 0.5) is 10.1 Å². The number of halogens is 3. The van der Waals surface area contributed by atoms with Crippen molar-refractivity contribution in [1.82, 2.24) is 0 Å². The van der Waals surface area contributed by atoms with Crippen molar-refractivity contribution in [2.24, 2.45) is 0 Å². The lowest BCUT2D eigenvalue weighted by Gasteiger charge is -2.19. The number of amides is 1. The fourth-order valence-electron chi connectivity index (χ4n) is 1.81. The first-order chi connectivity index (χ1) is 7.50. The molecule has 2 nitrogen and oxygen atoms in total. The average molecular weight is 351 g/mol. The molecular weight excluding hydrogens is 341 g/mol. The molecule has 2 rings (SSSR count).